The molecule has 0 bridgehead atoms. The monoisotopic (exact) mass is 518 g/mol. The summed E-state index contributed by atoms with van der Waals surface area (Å²) in [6, 6.07) is 6.07. The van der Waals surface area contributed by atoms with Gasteiger partial charge in [0.2, 0.25) is 11.8 Å². The molecule has 2 amide bonds. The highest BCUT2D eigenvalue weighted by molar-refractivity contribution is 7.19. The van der Waals surface area contributed by atoms with Crippen LogP contribution in [0.3, 0.4) is 0 Å². The van der Waals surface area contributed by atoms with E-state index in [2.05, 4.69) is 36.4 Å². The summed E-state index contributed by atoms with van der Waals surface area (Å²) in [5.41, 5.74) is 3.21. The Morgan fingerprint density at radius 3 is 2.84 bits per heavy atom. The number of piperazine rings is 1. The first kappa shape index (κ1) is 23.8. The van der Waals surface area contributed by atoms with Crippen molar-refractivity contribution in [2.45, 2.75) is 19.3 Å². The first-order valence-electron chi connectivity index (χ1n) is 12.6. The number of aromatic nitrogens is 4. The van der Waals surface area contributed by atoms with Crippen LogP contribution in [0.15, 0.2) is 30.7 Å². The molecule has 0 saturated carbocycles. The fourth-order valence-corrected chi connectivity index (χ4v) is 6.56. The third-order valence-electron chi connectivity index (χ3n) is 7.44. The Kier molecular flexibility index (Phi) is 6.25. The molecule has 1 saturated heterocycles. The van der Waals surface area contributed by atoms with E-state index in [1.54, 1.807) is 36.7 Å². The van der Waals surface area contributed by atoms with Crippen LogP contribution in [0.5, 0.6) is 0 Å². The Hall–Kier alpha value is -3.57. The number of hydrogen-bond acceptors (Lipinski definition) is 8. The van der Waals surface area contributed by atoms with Crippen LogP contribution in [0.25, 0.3) is 21.1 Å². The molecule has 1 atom stereocenters. The highest BCUT2D eigenvalue weighted by Gasteiger charge is 2.33. The van der Waals surface area contributed by atoms with Crippen LogP contribution < -0.4 is 5.32 Å². The molecular weight excluding hydrogens is 488 g/mol. The molecule has 1 aliphatic heterocycles. The van der Waals surface area contributed by atoms with E-state index >= 15 is 0 Å². The molecular formula is C26H30N8O2S. The predicted molar refractivity (Wildman–Crippen MR) is 144 cm³/mol. The zero-order chi connectivity index (χ0) is 25.5. The topological polar surface area (TPSA) is 110 Å². The van der Waals surface area contributed by atoms with E-state index in [0.717, 1.165) is 65.0 Å². The maximum Gasteiger partial charge on any atom is 0.236 e. The molecule has 4 aromatic rings. The number of hydrogen-bond donors (Lipinski definition) is 2. The number of carbonyl (C=O) groups excluding carboxylic acids is 2. The Bertz CT molecular complexity index is 1470. The maximum absolute atomic E-state index is 13.4. The van der Waals surface area contributed by atoms with Gasteiger partial charge in [-0.05, 0) is 43.0 Å². The fraction of sp³-hybridized carbons (Fsp3) is 0.423. The summed E-state index contributed by atoms with van der Waals surface area (Å²) in [6.45, 7) is 3.24. The zero-order valence-electron chi connectivity index (χ0n) is 21.0. The normalized spacial score (nSPS) is 18.2. The molecule has 37 heavy (non-hydrogen) atoms. The van der Waals surface area contributed by atoms with Gasteiger partial charge in [0.05, 0.1) is 23.6 Å². The van der Waals surface area contributed by atoms with Crippen LogP contribution in [-0.2, 0) is 22.4 Å². The molecule has 192 valence electrons. The second kappa shape index (κ2) is 9.71. The minimum absolute atomic E-state index is 0.0108. The predicted octanol–water partition coefficient (Wildman–Crippen LogP) is 2.65. The lowest BCUT2D eigenvalue weighted by atomic mass is 9.86. The van der Waals surface area contributed by atoms with Crippen molar-refractivity contribution in [2.24, 2.45) is 5.92 Å². The summed E-state index contributed by atoms with van der Waals surface area (Å²) in [5.74, 6) is 1.13. The van der Waals surface area contributed by atoms with E-state index in [9.17, 15) is 9.59 Å². The van der Waals surface area contributed by atoms with Crippen LogP contribution in [0, 0.1) is 5.92 Å². The van der Waals surface area contributed by atoms with Gasteiger partial charge >= 0.3 is 0 Å². The van der Waals surface area contributed by atoms with E-state index in [1.165, 1.54) is 10.4 Å². The Morgan fingerprint density at radius 2 is 2.03 bits per heavy atom. The van der Waals surface area contributed by atoms with Gasteiger partial charge in [-0.25, -0.2) is 9.97 Å². The summed E-state index contributed by atoms with van der Waals surface area (Å²) in [5, 5.41) is 12.7. The number of anilines is 2. The highest BCUT2D eigenvalue weighted by Crippen LogP contribution is 2.41. The zero-order valence-corrected chi connectivity index (χ0v) is 21.8. The van der Waals surface area contributed by atoms with Gasteiger partial charge in [-0.15, -0.1) is 11.3 Å². The Morgan fingerprint density at radius 1 is 1.19 bits per heavy atom. The number of aromatic amines is 1. The van der Waals surface area contributed by atoms with Crippen LogP contribution in [-0.4, -0.2) is 93.5 Å². The lowest BCUT2D eigenvalue weighted by Gasteiger charge is -2.37. The minimum Gasteiger partial charge on any atom is -0.348 e. The number of aryl methyl sites for hydroxylation is 1. The van der Waals surface area contributed by atoms with E-state index in [0.29, 0.717) is 19.6 Å². The first-order valence-corrected chi connectivity index (χ1v) is 13.4. The molecule has 1 aliphatic carbocycles. The van der Waals surface area contributed by atoms with Crippen molar-refractivity contribution < 1.29 is 9.59 Å². The third kappa shape index (κ3) is 4.64. The third-order valence-corrected chi connectivity index (χ3v) is 8.60. The van der Waals surface area contributed by atoms with E-state index in [-0.39, 0.29) is 17.7 Å². The van der Waals surface area contributed by atoms with Crippen molar-refractivity contribution in [2.75, 3.05) is 52.1 Å². The Balaban J connectivity index is 1.15. The Labute approximate surface area is 218 Å². The molecule has 2 aliphatic rings. The largest absolute Gasteiger partial charge is 0.348 e. The van der Waals surface area contributed by atoms with Gasteiger partial charge in [0.25, 0.3) is 0 Å². The van der Waals surface area contributed by atoms with E-state index in [4.69, 9.17) is 0 Å². The number of carbonyl (C=O) groups is 2. The number of nitrogens with zero attached hydrogens (tertiary/aromatic N) is 6. The maximum atomic E-state index is 13.4. The average molecular weight is 519 g/mol. The lowest BCUT2D eigenvalue weighted by Crippen LogP contribution is -2.52. The molecule has 0 spiro atoms. The summed E-state index contributed by atoms with van der Waals surface area (Å²) >= 11 is 1.68. The molecule has 4 heterocycles. The van der Waals surface area contributed by atoms with Crippen LogP contribution in [0.1, 0.15) is 16.9 Å². The smallest absolute Gasteiger partial charge is 0.236 e. The quantitative estimate of drug-likeness (QED) is 0.418. The van der Waals surface area contributed by atoms with Gasteiger partial charge < -0.3 is 15.1 Å². The number of rotatable bonds is 5. The average Bonchev–Trinajstić information content (AvgIpc) is 3.52. The van der Waals surface area contributed by atoms with Gasteiger partial charge in [-0.2, -0.15) is 5.10 Å². The number of amides is 2. The summed E-state index contributed by atoms with van der Waals surface area (Å²) < 4.78 is 0. The number of nitrogens with one attached hydrogen (secondary N) is 2. The number of likely N-dealkylation sites (N-methyl/N-ethyl adjacent to an activating group) is 1. The molecule has 0 unspecified atom stereocenters. The van der Waals surface area contributed by atoms with Crippen molar-refractivity contribution in [1.82, 2.24) is 34.9 Å². The summed E-state index contributed by atoms with van der Waals surface area (Å²) in [6.07, 6.45) is 5.82. The van der Waals surface area contributed by atoms with Crippen molar-refractivity contribution >= 4 is 55.8 Å². The number of benzene rings is 1. The molecule has 1 fully saturated rings. The SMILES string of the molecule is CN(C)C(=O)CN1CCN(C(=O)[C@H]2CCc3c(sc4ncnc(Nc5ccc6[nH]ncc6c5)c34)C2)CC1. The summed E-state index contributed by atoms with van der Waals surface area (Å²) in [4.78, 5) is 42.5. The first-order chi connectivity index (χ1) is 18.0. The summed E-state index contributed by atoms with van der Waals surface area (Å²) in [7, 11) is 3.55. The van der Waals surface area contributed by atoms with Crippen molar-refractivity contribution in [1.29, 1.82) is 0 Å². The molecule has 0 radical (unpaired) electrons. The van der Waals surface area contributed by atoms with Crippen molar-refractivity contribution in [3.8, 4) is 0 Å². The second-order valence-corrected chi connectivity index (χ2v) is 11.1. The van der Waals surface area contributed by atoms with Crippen molar-refractivity contribution in [3.05, 3.63) is 41.2 Å². The molecule has 6 rings (SSSR count). The molecule has 11 heteroatoms. The number of thiophene rings is 1. The lowest BCUT2D eigenvalue weighted by molar-refractivity contribution is -0.138. The van der Waals surface area contributed by atoms with Gasteiger partial charge in [0, 0.05) is 62.1 Å². The standard InChI is InChI=1S/C26H30N8O2S/c1-32(2)22(35)14-33-7-9-34(10-8-33)26(36)16-3-5-19-21(12-16)37-25-23(19)24(27-15-28-25)30-18-4-6-20-17(11-18)13-29-31-20/h4,6,11,13,15-16H,3,5,7-10,12,14H2,1-2H3,(H,29,31)(H,27,28,30)/t16-/m0/s1. The molecule has 1 aromatic carbocycles. The highest BCUT2D eigenvalue weighted by atomic mass is 32.1. The van der Waals surface area contributed by atoms with Crippen LogP contribution in [0.4, 0.5) is 11.5 Å². The number of H-pyrrole nitrogens is 1. The van der Waals surface area contributed by atoms with Gasteiger partial charge in [0.15, 0.2) is 0 Å². The van der Waals surface area contributed by atoms with Crippen LogP contribution >= 0.6 is 11.3 Å². The van der Waals surface area contributed by atoms with Crippen LogP contribution in [0.2, 0.25) is 0 Å². The minimum atomic E-state index is -0.0108. The molecule has 2 N–H and O–H groups in total. The van der Waals surface area contributed by atoms with Gasteiger partial charge in [-0.1, -0.05) is 0 Å². The molecule has 3 aromatic heterocycles. The van der Waals surface area contributed by atoms with Crippen molar-refractivity contribution in [3.63, 3.8) is 0 Å². The second-order valence-electron chi connectivity index (χ2n) is 10.0. The van der Waals surface area contributed by atoms with E-state index < -0.39 is 0 Å². The molecule has 10 nitrogen and oxygen atoms in total. The van der Waals surface area contributed by atoms with Gasteiger partial charge in [-0.3, -0.25) is 19.6 Å². The fourth-order valence-electron chi connectivity index (χ4n) is 5.29. The van der Waals surface area contributed by atoms with Gasteiger partial charge in [0.1, 0.15) is 17.0 Å². The van der Waals surface area contributed by atoms with E-state index in [1.807, 2.05) is 23.2 Å². The number of fused-ring (bicyclic) bond motifs is 4.